The van der Waals surface area contributed by atoms with Crippen LogP contribution in [0.1, 0.15) is 38.3 Å². The van der Waals surface area contributed by atoms with Gasteiger partial charge >= 0.3 is 6.03 Å². The number of carbonyl (C=O) groups is 1. The first-order valence-electron chi connectivity index (χ1n) is 8.85. The van der Waals surface area contributed by atoms with E-state index in [0.717, 1.165) is 23.6 Å². The van der Waals surface area contributed by atoms with Gasteiger partial charge in [0.15, 0.2) is 9.84 Å². The van der Waals surface area contributed by atoms with Crippen molar-refractivity contribution in [2.45, 2.75) is 44.9 Å². The van der Waals surface area contributed by atoms with Crippen molar-refractivity contribution in [3.8, 4) is 0 Å². The summed E-state index contributed by atoms with van der Waals surface area (Å²) in [5.74, 6) is -0.0770. The van der Waals surface area contributed by atoms with E-state index in [0.29, 0.717) is 6.42 Å². The molecule has 26 heavy (non-hydrogen) atoms. The molecule has 1 aliphatic heterocycles. The molecule has 2 rings (SSSR count). The zero-order valence-electron chi connectivity index (χ0n) is 15.4. The normalized spacial score (nSPS) is 25.2. The van der Waals surface area contributed by atoms with Crippen LogP contribution in [0.5, 0.6) is 0 Å². The Kier molecular flexibility index (Phi) is 6.81. The maximum atomic E-state index is 14.5. The quantitative estimate of drug-likeness (QED) is 0.848. The maximum absolute atomic E-state index is 14.5. The van der Waals surface area contributed by atoms with Gasteiger partial charge in [-0.1, -0.05) is 49.8 Å². The van der Waals surface area contributed by atoms with Crippen LogP contribution in [-0.4, -0.2) is 44.4 Å². The molecule has 7 heteroatoms. The van der Waals surface area contributed by atoms with Gasteiger partial charge in [0.2, 0.25) is 0 Å². The Morgan fingerprint density at radius 3 is 2.62 bits per heavy atom. The largest absolute Gasteiger partial charge is 0.332 e. The summed E-state index contributed by atoms with van der Waals surface area (Å²) in [6, 6.07) is 8.56. The van der Waals surface area contributed by atoms with Gasteiger partial charge in [-0.15, -0.1) is 0 Å². The molecule has 1 aliphatic rings. The van der Waals surface area contributed by atoms with Gasteiger partial charge in [0.05, 0.1) is 12.6 Å². The zero-order chi connectivity index (χ0) is 19.3. The van der Waals surface area contributed by atoms with Gasteiger partial charge in [-0.3, -0.25) is 0 Å². The van der Waals surface area contributed by atoms with Crippen LogP contribution in [0.15, 0.2) is 41.8 Å². The molecule has 144 valence electrons. The van der Waals surface area contributed by atoms with Gasteiger partial charge in [0.1, 0.15) is 6.17 Å². The zero-order valence-corrected chi connectivity index (χ0v) is 16.2. The second-order valence-corrected chi connectivity index (χ2v) is 8.83. The SMILES string of the molecule is CC[C@H]1C[C@@H](c2ccccc2)N(C(=O)NC(C)/C=C/S(C)(=O)=O)C[C@H]1F. The lowest BCUT2D eigenvalue weighted by Gasteiger charge is -2.41. The Morgan fingerprint density at radius 1 is 1.38 bits per heavy atom. The topological polar surface area (TPSA) is 66.5 Å². The minimum atomic E-state index is -3.26. The number of amides is 2. The molecule has 2 amide bonds. The molecule has 0 spiro atoms. The number of rotatable bonds is 5. The average molecular weight is 383 g/mol. The molecule has 1 N–H and O–H groups in total. The van der Waals surface area contributed by atoms with E-state index in [1.807, 2.05) is 37.3 Å². The molecule has 1 unspecified atom stereocenters. The number of piperidine rings is 1. The summed E-state index contributed by atoms with van der Waals surface area (Å²) in [6.07, 6.45) is 2.74. The van der Waals surface area contributed by atoms with Gasteiger partial charge in [0.25, 0.3) is 0 Å². The molecular weight excluding hydrogens is 355 g/mol. The highest BCUT2D eigenvalue weighted by Crippen LogP contribution is 2.37. The summed E-state index contributed by atoms with van der Waals surface area (Å²) in [5.41, 5.74) is 0.979. The van der Waals surface area contributed by atoms with Gasteiger partial charge in [-0.25, -0.2) is 17.6 Å². The summed E-state index contributed by atoms with van der Waals surface area (Å²) < 4.78 is 36.9. The van der Waals surface area contributed by atoms with E-state index >= 15 is 0 Å². The number of nitrogens with zero attached hydrogens (tertiary/aromatic N) is 1. The molecule has 1 saturated heterocycles. The van der Waals surface area contributed by atoms with E-state index in [1.54, 1.807) is 6.92 Å². The van der Waals surface area contributed by atoms with Crippen LogP contribution in [0.2, 0.25) is 0 Å². The number of nitrogens with one attached hydrogen (secondary N) is 1. The number of sulfone groups is 1. The molecule has 4 atom stereocenters. The number of hydrogen-bond acceptors (Lipinski definition) is 3. The molecule has 0 radical (unpaired) electrons. The van der Waals surface area contributed by atoms with Gasteiger partial charge < -0.3 is 10.2 Å². The van der Waals surface area contributed by atoms with Crippen molar-refractivity contribution in [2.24, 2.45) is 5.92 Å². The minimum absolute atomic E-state index is 0.0341. The highest BCUT2D eigenvalue weighted by molar-refractivity contribution is 7.93. The third-order valence-electron chi connectivity index (χ3n) is 4.72. The summed E-state index contributed by atoms with van der Waals surface area (Å²) in [4.78, 5) is 14.2. The lowest BCUT2D eigenvalue weighted by Crippen LogP contribution is -2.51. The predicted octanol–water partition coefficient (Wildman–Crippen LogP) is 3.45. The second kappa shape index (κ2) is 8.66. The van der Waals surface area contributed by atoms with Gasteiger partial charge in [-0.2, -0.15) is 0 Å². The number of likely N-dealkylation sites (tertiary alicyclic amines) is 1. The first-order chi connectivity index (χ1) is 12.2. The Morgan fingerprint density at radius 2 is 2.04 bits per heavy atom. The summed E-state index contributed by atoms with van der Waals surface area (Å²) in [7, 11) is -3.26. The first-order valence-corrected chi connectivity index (χ1v) is 10.8. The number of halogens is 1. The van der Waals surface area contributed by atoms with Gasteiger partial charge in [0, 0.05) is 17.7 Å². The minimum Gasteiger partial charge on any atom is -0.332 e. The van der Waals surface area contributed by atoms with Crippen molar-refractivity contribution in [2.75, 3.05) is 12.8 Å². The second-order valence-electron chi connectivity index (χ2n) is 6.90. The van der Waals surface area contributed by atoms with Crippen LogP contribution in [-0.2, 0) is 9.84 Å². The Bertz CT molecular complexity index is 736. The standard InChI is InChI=1S/C19H27FN2O3S/c1-4-15-12-18(16-8-6-5-7-9-16)22(13-17(15)20)19(23)21-14(2)10-11-26(3,24)25/h5-11,14-15,17-18H,4,12-13H2,1-3H3,(H,21,23)/b11-10+/t14?,15-,17+,18-/m0/s1. The van der Waals surface area contributed by atoms with Crippen LogP contribution in [0.3, 0.4) is 0 Å². The number of carbonyl (C=O) groups excluding carboxylic acids is 1. The maximum Gasteiger partial charge on any atom is 0.318 e. The van der Waals surface area contributed by atoms with Crippen molar-refractivity contribution in [1.82, 2.24) is 10.2 Å². The third kappa shape index (κ3) is 5.56. The van der Waals surface area contributed by atoms with Crippen molar-refractivity contribution in [1.29, 1.82) is 0 Å². The highest BCUT2D eigenvalue weighted by Gasteiger charge is 2.38. The Balaban J connectivity index is 2.17. The van der Waals surface area contributed by atoms with Crippen LogP contribution >= 0.6 is 0 Å². The number of alkyl halides is 1. The molecule has 0 aromatic heterocycles. The van der Waals surface area contributed by atoms with Crippen molar-refractivity contribution < 1.29 is 17.6 Å². The van der Waals surface area contributed by atoms with Crippen LogP contribution in [0.25, 0.3) is 0 Å². The lowest BCUT2D eigenvalue weighted by atomic mass is 9.84. The van der Waals surface area contributed by atoms with E-state index < -0.39 is 22.1 Å². The fourth-order valence-electron chi connectivity index (χ4n) is 3.25. The fraction of sp³-hybridized carbons (Fsp3) is 0.526. The van der Waals surface area contributed by atoms with Crippen molar-refractivity contribution in [3.05, 3.63) is 47.4 Å². The molecule has 5 nitrogen and oxygen atoms in total. The molecule has 0 saturated carbocycles. The molecule has 1 aromatic carbocycles. The Hall–Kier alpha value is -1.89. The van der Waals surface area contributed by atoms with E-state index in [4.69, 9.17) is 0 Å². The molecule has 0 bridgehead atoms. The van der Waals surface area contributed by atoms with Crippen LogP contribution in [0, 0.1) is 5.92 Å². The molecule has 0 aliphatic carbocycles. The van der Waals surface area contributed by atoms with E-state index in [9.17, 15) is 17.6 Å². The highest BCUT2D eigenvalue weighted by atomic mass is 32.2. The number of hydrogen-bond donors (Lipinski definition) is 1. The van der Waals surface area contributed by atoms with Gasteiger partial charge in [-0.05, 0) is 24.8 Å². The number of benzene rings is 1. The fourth-order valence-corrected chi connectivity index (χ4v) is 3.77. The smallest absolute Gasteiger partial charge is 0.318 e. The third-order valence-corrected chi connectivity index (χ3v) is 5.37. The summed E-state index contributed by atoms with van der Waals surface area (Å²) in [5, 5.41) is 3.81. The average Bonchev–Trinajstić information content (AvgIpc) is 2.60. The monoisotopic (exact) mass is 382 g/mol. The van der Waals surface area contributed by atoms with E-state index in [1.165, 1.54) is 11.0 Å². The van der Waals surface area contributed by atoms with Crippen molar-refractivity contribution >= 4 is 15.9 Å². The van der Waals surface area contributed by atoms with E-state index in [2.05, 4.69) is 5.32 Å². The van der Waals surface area contributed by atoms with Crippen molar-refractivity contribution in [3.63, 3.8) is 0 Å². The first kappa shape index (κ1) is 20.4. The summed E-state index contributed by atoms with van der Waals surface area (Å²) >= 11 is 0. The predicted molar refractivity (Wildman–Crippen MR) is 101 cm³/mol. The van der Waals surface area contributed by atoms with Crippen LogP contribution in [0.4, 0.5) is 9.18 Å². The summed E-state index contributed by atoms with van der Waals surface area (Å²) in [6.45, 7) is 3.68. The molecule has 1 fully saturated rings. The molecular formula is C19H27FN2O3S. The molecule has 1 heterocycles. The van der Waals surface area contributed by atoms with E-state index in [-0.39, 0.29) is 24.5 Å². The lowest BCUT2D eigenvalue weighted by molar-refractivity contribution is 0.0581. The molecule has 1 aromatic rings. The Labute approximate surface area is 155 Å². The number of urea groups is 1. The van der Waals surface area contributed by atoms with Crippen LogP contribution < -0.4 is 5.32 Å².